The fourth-order valence-electron chi connectivity index (χ4n) is 2.24. The first kappa shape index (κ1) is 12.1. The average molecular weight is 241 g/mol. The number of nitrogen functional groups attached to an aromatic ring is 1. The molecule has 2 nitrogen and oxygen atoms in total. The van der Waals surface area contributed by atoms with Gasteiger partial charge in [0, 0.05) is 24.6 Å². The van der Waals surface area contributed by atoms with Gasteiger partial charge in [-0.2, -0.15) is 0 Å². The van der Waals surface area contributed by atoms with E-state index in [-0.39, 0.29) is 18.8 Å². The van der Waals surface area contributed by atoms with Crippen LogP contribution in [-0.4, -0.2) is 12.5 Å². The lowest BCUT2D eigenvalue weighted by Gasteiger charge is -2.28. The molecule has 2 rings (SSSR count). The summed E-state index contributed by atoms with van der Waals surface area (Å²) in [6, 6.07) is 7.06. The molecule has 0 heterocycles. The van der Waals surface area contributed by atoms with Crippen molar-refractivity contribution in [2.45, 2.75) is 31.6 Å². The largest absolute Gasteiger partial charge is 0.493 e. The number of nitrogens with two attached hydrogens (primary N) is 1. The van der Waals surface area contributed by atoms with Crippen LogP contribution in [0.3, 0.4) is 0 Å². The molecule has 1 aliphatic rings. The van der Waals surface area contributed by atoms with E-state index in [9.17, 15) is 8.78 Å². The zero-order valence-corrected chi connectivity index (χ0v) is 9.66. The van der Waals surface area contributed by atoms with Gasteiger partial charge in [0.2, 0.25) is 5.92 Å². The van der Waals surface area contributed by atoms with E-state index >= 15 is 0 Å². The van der Waals surface area contributed by atoms with Gasteiger partial charge >= 0.3 is 0 Å². The molecular formula is C13H17F2NO. The number of hydrogen-bond donors (Lipinski definition) is 1. The third-order valence-electron chi connectivity index (χ3n) is 3.09. The van der Waals surface area contributed by atoms with Crippen LogP contribution in [0.1, 0.15) is 25.7 Å². The van der Waals surface area contributed by atoms with Gasteiger partial charge in [0.25, 0.3) is 0 Å². The zero-order chi connectivity index (χ0) is 12.3. The molecule has 1 atom stereocenters. The molecule has 1 unspecified atom stereocenters. The topological polar surface area (TPSA) is 35.2 Å². The molecule has 94 valence electrons. The second-order valence-corrected chi connectivity index (χ2v) is 4.70. The predicted octanol–water partition coefficient (Wildman–Crippen LogP) is 3.47. The predicted molar refractivity (Wildman–Crippen MR) is 63.3 cm³/mol. The van der Waals surface area contributed by atoms with Crippen molar-refractivity contribution in [3.05, 3.63) is 24.3 Å². The van der Waals surface area contributed by atoms with E-state index in [0.29, 0.717) is 24.5 Å². The van der Waals surface area contributed by atoms with Crippen LogP contribution in [0.4, 0.5) is 14.5 Å². The van der Waals surface area contributed by atoms with Crippen LogP contribution in [0.15, 0.2) is 24.3 Å². The number of ether oxygens (including phenoxy) is 1. The summed E-state index contributed by atoms with van der Waals surface area (Å²) in [5.41, 5.74) is 6.23. The Kier molecular flexibility index (Phi) is 3.50. The van der Waals surface area contributed by atoms with E-state index in [2.05, 4.69) is 0 Å². The second kappa shape index (κ2) is 4.90. The number of anilines is 1. The number of rotatable bonds is 3. The minimum atomic E-state index is -2.51. The van der Waals surface area contributed by atoms with Gasteiger partial charge in [-0.05, 0) is 30.9 Å². The van der Waals surface area contributed by atoms with Crippen molar-refractivity contribution < 1.29 is 13.5 Å². The Balaban J connectivity index is 1.86. The van der Waals surface area contributed by atoms with Crippen molar-refractivity contribution in [1.82, 2.24) is 0 Å². The molecule has 0 radical (unpaired) electrons. The van der Waals surface area contributed by atoms with E-state index in [4.69, 9.17) is 10.5 Å². The molecule has 17 heavy (non-hydrogen) atoms. The third kappa shape index (κ3) is 3.58. The number of hydrogen-bond acceptors (Lipinski definition) is 2. The molecule has 1 aromatic rings. The highest BCUT2D eigenvalue weighted by molar-refractivity contribution is 5.43. The minimum absolute atomic E-state index is 0.0157. The van der Waals surface area contributed by atoms with Gasteiger partial charge in [0.1, 0.15) is 5.75 Å². The van der Waals surface area contributed by atoms with E-state index in [1.165, 1.54) is 0 Å². The minimum Gasteiger partial charge on any atom is -0.493 e. The number of halogens is 2. The molecule has 1 aromatic carbocycles. The molecule has 0 amide bonds. The normalized spacial score (nSPS) is 23.3. The Hall–Kier alpha value is -1.32. The molecule has 1 fully saturated rings. The van der Waals surface area contributed by atoms with Gasteiger partial charge in [0.05, 0.1) is 6.61 Å². The van der Waals surface area contributed by atoms with E-state index in [1.54, 1.807) is 24.3 Å². The Morgan fingerprint density at radius 1 is 1.41 bits per heavy atom. The monoisotopic (exact) mass is 241 g/mol. The van der Waals surface area contributed by atoms with Gasteiger partial charge in [-0.3, -0.25) is 0 Å². The first-order valence-corrected chi connectivity index (χ1v) is 5.91. The van der Waals surface area contributed by atoms with Crippen LogP contribution in [0.25, 0.3) is 0 Å². The molecule has 0 saturated heterocycles. The van der Waals surface area contributed by atoms with E-state index in [1.807, 2.05) is 0 Å². The van der Waals surface area contributed by atoms with Crippen LogP contribution in [0.2, 0.25) is 0 Å². The highest BCUT2D eigenvalue weighted by atomic mass is 19.3. The number of benzene rings is 1. The van der Waals surface area contributed by atoms with Crippen molar-refractivity contribution in [2.24, 2.45) is 5.92 Å². The van der Waals surface area contributed by atoms with Gasteiger partial charge < -0.3 is 10.5 Å². The van der Waals surface area contributed by atoms with Gasteiger partial charge in [-0.1, -0.05) is 6.07 Å². The van der Waals surface area contributed by atoms with Crippen molar-refractivity contribution in [3.63, 3.8) is 0 Å². The quantitative estimate of drug-likeness (QED) is 0.822. The van der Waals surface area contributed by atoms with Crippen LogP contribution >= 0.6 is 0 Å². The molecular weight excluding hydrogens is 224 g/mol. The molecule has 1 aliphatic carbocycles. The summed E-state index contributed by atoms with van der Waals surface area (Å²) < 4.78 is 31.8. The second-order valence-electron chi connectivity index (χ2n) is 4.70. The summed E-state index contributed by atoms with van der Waals surface area (Å²) in [5, 5.41) is 0. The van der Waals surface area contributed by atoms with Crippen molar-refractivity contribution in [2.75, 3.05) is 12.3 Å². The standard InChI is InChI=1S/C13H17F2NO/c14-13(15)6-2-3-10(8-13)9-17-12-5-1-4-11(16)7-12/h1,4-5,7,10H,2-3,6,8-9,16H2. The molecule has 0 aliphatic heterocycles. The van der Waals surface area contributed by atoms with Crippen molar-refractivity contribution in [3.8, 4) is 5.75 Å². The van der Waals surface area contributed by atoms with Crippen LogP contribution in [-0.2, 0) is 0 Å². The van der Waals surface area contributed by atoms with Crippen molar-refractivity contribution >= 4 is 5.69 Å². The lowest BCUT2D eigenvalue weighted by molar-refractivity contribution is -0.0585. The summed E-state index contributed by atoms with van der Waals surface area (Å²) >= 11 is 0. The van der Waals surface area contributed by atoms with Crippen LogP contribution < -0.4 is 10.5 Å². The summed E-state index contributed by atoms with van der Waals surface area (Å²) in [6.45, 7) is 0.346. The van der Waals surface area contributed by atoms with E-state index < -0.39 is 5.92 Å². The SMILES string of the molecule is Nc1cccc(OCC2CCCC(F)(F)C2)c1. The van der Waals surface area contributed by atoms with Crippen LogP contribution in [0, 0.1) is 5.92 Å². The fraction of sp³-hybridized carbons (Fsp3) is 0.538. The third-order valence-corrected chi connectivity index (χ3v) is 3.09. The molecule has 0 spiro atoms. The molecule has 4 heteroatoms. The molecule has 0 aromatic heterocycles. The lowest BCUT2D eigenvalue weighted by Crippen LogP contribution is -2.29. The Bertz CT molecular complexity index is 381. The first-order chi connectivity index (χ1) is 8.05. The smallest absolute Gasteiger partial charge is 0.248 e. The highest BCUT2D eigenvalue weighted by Gasteiger charge is 2.36. The lowest BCUT2D eigenvalue weighted by atomic mass is 9.87. The number of alkyl halides is 2. The molecule has 0 bridgehead atoms. The highest BCUT2D eigenvalue weighted by Crippen LogP contribution is 2.36. The van der Waals surface area contributed by atoms with Gasteiger partial charge in [-0.15, -0.1) is 0 Å². The summed E-state index contributed by atoms with van der Waals surface area (Å²) in [5.74, 6) is -1.92. The summed E-state index contributed by atoms with van der Waals surface area (Å²) in [7, 11) is 0. The first-order valence-electron chi connectivity index (χ1n) is 5.91. The zero-order valence-electron chi connectivity index (χ0n) is 9.66. The Morgan fingerprint density at radius 2 is 2.24 bits per heavy atom. The summed E-state index contributed by atoms with van der Waals surface area (Å²) in [6.07, 6.45) is 1.35. The average Bonchev–Trinajstić information content (AvgIpc) is 2.25. The fourth-order valence-corrected chi connectivity index (χ4v) is 2.24. The van der Waals surface area contributed by atoms with Crippen molar-refractivity contribution in [1.29, 1.82) is 0 Å². The summed E-state index contributed by atoms with van der Waals surface area (Å²) in [4.78, 5) is 0. The maximum absolute atomic E-state index is 13.2. The maximum atomic E-state index is 13.2. The molecule has 1 saturated carbocycles. The molecule has 2 N–H and O–H groups in total. The Labute approximate surface area is 99.8 Å². The van der Waals surface area contributed by atoms with Gasteiger partial charge in [-0.25, -0.2) is 8.78 Å². The van der Waals surface area contributed by atoms with E-state index in [0.717, 1.165) is 6.42 Å². The Morgan fingerprint density at radius 3 is 2.94 bits per heavy atom. The van der Waals surface area contributed by atoms with Crippen LogP contribution in [0.5, 0.6) is 5.75 Å². The maximum Gasteiger partial charge on any atom is 0.248 e. The van der Waals surface area contributed by atoms with Gasteiger partial charge in [0.15, 0.2) is 0 Å².